The predicted octanol–water partition coefficient (Wildman–Crippen LogP) is 2.67. The molecule has 0 spiro atoms. The molecule has 1 heterocycles. The number of benzene rings is 1. The van der Waals surface area contributed by atoms with Gasteiger partial charge < -0.3 is 5.11 Å². The minimum absolute atomic E-state index is 0.305. The summed E-state index contributed by atoms with van der Waals surface area (Å²) >= 11 is 2.70. The van der Waals surface area contributed by atoms with Crippen molar-refractivity contribution in [3.63, 3.8) is 0 Å². The Morgan fingerprint density at radius 1 is 1.53 bits per heavy atom. The molecule has 0 amide bonds. The van der Waals surface area contributed by atoms with Crippen LogP contribution >= 0.6 is 23.3 Å². The van der Waals surface area contributed by atoms with Crippen molar-refractivity contribution in [1.29, 1.82) is 0 Å². The molecule has 0 saturated carbocycles. The molecule has 4 nitrogen and oxygen atoms in total. The summed E-state index contributed by atoms with van der Waals surface area (Å²) in [5, 5.41) is 8.78. The average Bonchev–Trinajstić information content (AvgIpc) is 2.80. The van der Waals surface area contributed by atoms with Gasteiger partial charge in [-0.05, 0) is 29.2 Å². The Morgan fingerprint density at radius 3 is 3.00 bits per heavy atom. The van der Waals surface area contributed by atoms with Crippen molar-refractivity contribution in [3.8, 4) is 0 Å². The second kappa shape index (κ2) is 5.24. The SMILES string of the molecule is O=C(O)c1cc(CSc2ncns2)ccc1F. The van der Waals surface area contributed by atoms with E-state index in [1.54, 1.807) is 6.07 Å². The van der Waals surface area contributed by atoms with E-state index < -0.39 is 11.8 Å². The van der Waals surface area contributed by atoms with Crippen molar-refractivity contribution in [2.75, 3.05) is 0 Å². The zero-order chi connectivity index (χ0) is 12.3. The van der Waals surface area contributed by atoms with Crippen LogP contribution in [0.15, 0.2) is 28.9 Å². The number of hydrogen-bond donors (Lipinski definition) is 1. The molecule has 0 fully saturated rings. The molecular formula is C10H7FN2O2S2. The summed E-state index contributed by atoms with van der Waals surface area (Å²) in [6.45, 7) is 0. The van der Waals surface area contributed by atoms with Crippen LogP contribution in [0.5, 0.6) is 0 Å². The molecule has 1 aromatic heterocycles. The third-order valence-corrected chi connectivity index (χ3v) is 3.83. The van der Waals surface area contributed by atoms with Crippen LogP contribution in [0.25, 0.3) is 0 Å². The Balaban J connectivity index is 2.11. The number of thioether (sulfide) groups is 1. The molecule has 0 bridgehead atoms. The summed E-state index contributed by atoms with van der Waals surface area (Å²) in [5.41, 5.74) is 0.435. The Kier molecular flexibility index (Phi) is 3.70. The van der Waals surface area contributed by atoms with Crippen molar-refractivity contribution in [3.05, 3.63) is 41.5 Å². The van der Waals surface area contributed by atoms with Crippen LogP contribution in [-0.4, -0.2) is 20.4 Å². The lowest BCUT2D eigenvalue weighted by Gasteiger charge is -2.02. The van der Waals surface area contributed by atoms with Gasteiger partial charge in [0, 0.05) is 5.75 Å². The lowest BCUT2D eigenvalue weighted by molar-refractivity contribution is 0.0692. The van der Waals surface area contributed by atoms with Crippen molar-refractivity contribution in [2.45, 2.75) is 10.1 Å². The average molecular weight is 270 g/mol. The molecule has 0 unspecified atom stereocenters. The zero-order valence-corrected chi connectivity index (χ0v) is 10.1. The summed E-state index contributed by atoms with van der Waals surface area (Å²) in [4.78, 5) is 14.7. The highest BCUT2D eigenvalue weighted by molar-refractivity contribution is 8.00. The fraction of sp³-hybridized carbons (Fsp3) is 0.100. The molecule has 0 atom stereocenters. The van der Waals surface area contributed by atoms with Crippen molar-refractivity contribution >= 4 is 29.3 Å². The van der Waals surface area contributed by atoms with Gasteiger partial charge in [-0.3, -0.25) is 0 Å². The number of hydrogen-bond acceptors (Lipinski definition) is 5. The molecule has 0 aliphatic carbocycles. The molecule has 7 heteroatoms. The summed E-state index contributed by atoms with van der Waals surface area (Å²) in [5.74, 6) is -1.44. The van der Waals surface area contributed by atoms with E-state index in [2.05, 4.69) is 9.36 Å². The smallest absolute Gasteiger partial charge is 0.338 e. The maximum Gasteiger partial charge on any atom is 0.338 e. The fourth-order valence-corrected chi connectivity index (χ4v) is 2.58. The van der Waals surface area contributed by atoms with Crippen LogP contribution in [0, 0.1) is 5.82 Å². The largest absolute Gasteiger partial charge is 0.478 e. The number of carboxylic acids is 1. The summed E-state index contributed by atoms with van der Waals surface area (Å²) < 4.78 is 17.8. The van der Waals surface area contributed by atoms with E-state index >= 15 is 0 Å². The minimum Gasteiger partial charge on any atom is -0.478 e. The topological polar surface area (TPSA) is 63.1 Å². The normalized spacial score (nSPS) is 10.4. The highest BCUT2D eigenvalue weighted by atomic mass is 32.2. The van der Waals surface area contributed by atoms with E-state index in [-0.39, 0.29) is 5.56 Å². The molecule has 88 valence electrons. The van der Waals surface area contributed by atoms with E-state index in [0.717, 1.165) is 9.90 Å². The van der Waals surface area contributed by atoms with E-state index in [4.69, 9.17) is 5.11 Å². The van der Waals surface area contributed by atoms with Gasteiger partial charge in [-0.1, -0.05) is 17.8 Å². The van der Waals surface area contributed by atoms with Crippen molar-refractivity contribution in [2.24, 2.45) is 0 Å². The van der Waals surface area contributed by atoms with Crippen molar-refractivity contribution in [1.82, 2.24) is 9.36 Å². The first kappa shape index (κ1) is 12.0. The molecule has 17 heavy (non-hydrogen) atoms. The monoisotopic (exact) mass is 270 g/mol. The predicted molar refractivity (Wildman–Crippen MR) is 62.8 cm³/mol. The number of carboxylic acid groups (broad SMARTS) is 1. The molecular weight excluding hydrogens is 263 g/mol. The zero-order valence-electron chi connectivity index (χ0n) is 8.46. The Bertz CT molecular complexity index is 531. The first-order valence-corrected chi connectivity index (χ1v) is 6.34. The van der Waals surface area contributed by atoms with Crippen LogP contribution in [0.2, 0.25) is 0 Å². The van der Waals surface area contributed by atoms with Gasteiger partial charge in [-0.25, -0.2) is 14.2 Å². The molecule has 0 saturated heterocycles. The van der Waals surface area contributed by atoms with E-state index in [1.807, 2.05) is 0 Å². The quantitative estimate of drug-likeness (QED) is 0.865. The van der Waals surface area contributed by atoms with Gasteiger partial charge in [-0.2, -0.15) is 4.37 Å². The summed E-state index contributed by atoms with van der Waals surface area (Å²) in [7, 11) is 0. The van der Waals surface area contributed by atoms with Gasteiger partial charge in [0.2, 0.25) is 0 Å². The van der Waals surface area contributed by atoms with E-state index in [9.17, 15) is 9.18 Å². The Hall–Kier alpha value is -1.47. The third kappa shape index (κ3) is 3.01. The van der Waals surface area contributed by atoms with Crippen LogP contribution < -0.4 is 0 Å². The second-order valence-corrected chi connectivity index (χ2v) is 5.12. The first-order valence-electron chi connectivity index (χ1n) is 4.58. The van der Waals surface area contributed by atoms with Gasteiger partial charge >= 0.3 is 5.97 Å². The Labute approximate surface area is 105 Å². The van der Waals surface area contributed by atoms with Gasteiger partial charge in [0.15, 0.2) is 4.34 Å². The first-order chi connectivity index (χ1) is 8.16. The van der Waals surface area contributed by atoms with Gasteiger partial charge in [0.1, 0.15) is 12.1 Å². The molecule has 2 aromatic rings. The third-order valence-electron chi connectivity index (χ3n) is 1.96. The van der Waals surface area contributed by atoms with Gasteiger partial charge in [0.05, 0.1) is 5.56 Å². The number of carbonyl (C=O) groups is 1. The lowest BCUT2D eigenvalue weighted by Crippen LogP contribution is -2.01. The number of aromatic nitrogens is 2. The fourth-order valence-electron chi connectivity index (χ4n) is 1.20. The maximum absolute atomic E-state index is 13.1. The van der Waals surface area contributed by atoms with Gasteiger partial charge in [-0.15, -0.1) is 0 Å². The van der Waals surface area contributed by atoms with Crippen LogP contribution in [0.4, 0.5) is 4.39 Å². The number of halogens is 1. The molecule has 2 rings (SSSR count). The lowest BCUT2D eigenvalue weighted by atomic mass is 10.1. The Morgan fingerprint density at radius 2 is 2.35 bits per heavy atom. The molecule has 0 radical (unpaired) electrons. The molecule has 1 aromatic carbocycles. The van der Waals surface area contributed by atoms with Crippen LogP contribution in [0.3, 0.4) is 0 Å². The highest BCUT2D eigenvalue weighted by Gasteiger charge is 2.11. The van der Waals surface area contributed by atoms with Crippen LogP contribution in [0.1, 0.15) is 15.9 Å². The summed E-state index contributed by atoms with van der Waals surface area (Å²) in [6.07, 6.45) is 1.46. The summed E-state index contributed by atoms with van der Waals surface area (Å²) in [6, 6.07) is 4.07. The highest BCUT2D eigenvalue weighted by Crippen LogP contribution is 2.24. The maximum atomic E-state index is 13.1. The van der Waals surface area contributed by atoms with Gasteiger partial charge in [0.25, 0.3) is 0 Å². The second-order valence-electron chi connectivity index (χ2n) is 3.12. The number of aromatic carboxylic acids is 1. The molecule has 1 N–H and O–H groups in total. The van der Waals surface area contributed by atoms with Crippen molar-refractivity contribution < 1.29 is 14.3 Å². The minimum atomic E-state index is -1.26. The van der Waals surface area contributed by atoms with E-state index in [1.165, 1.54) is 41.8 Å². The molecule has 0 aliphatic heterocycles. The molecule has 0 aliphatic rings. The van der Waals surface area contributed by atoms with E-state index in [0.29, 0.717) is 5.75 Å². The van der Waals surface area contributed by atoms with Crippen LogP contribution in [-0.2, 0) is 5.75 Å². The standard InChI is InChI=1S/C10H7FN2O2S2/c11-8-2-1-6(3-7(8)9(14)15)4-16-10-12-5-13-17-10/h1-3,5H,4H2,(H,14,15). The number of rotatable bonds is 4. The number of nitrogens with zero attached hydrogens (tertiary/aromatic N) is 2.